The molecule has 140 valence electrons. The number of fused-ring (bicyclic) bond motifs is 2. The van der Waals surface area contributed by atoms with Crippen LogP contribution < -0.4 is 0 Å². The maximum absolute atomic E-state index is 12.6. The summed E-state index contributed by atoms with van der Waals surface area (Å²) in [5.41, 5.74) is 0.923. The molecule has 0 aliphatic carbocycles. The third kappa shape index (κ3) is 2.65. The second kappa shape index (κ2) is 6.10. The maximum atomic E-state index is 12.6. The minimum atomic E-state index is -0.897. The van der Waals surface area contributed by atoms with Crippen LogP contribution in [0.2, 0.25) is 5.15 Å². The summed E-state index contributed by atoms with van der Waals surface area (Å²) in [6.45, 7) is 3.57. The Labute approximate surface area is 153 Å². The molecule has 4 heterocycles. The average molecular weight is 384 g/mol. The minimum absolute atomic E-state index is 0.235. The molecule has 2 fully saturated rings. The highest BCUT2D eigenvalue weighted by molar-refractivity contribution is 6.33. The molecule has 2 aromatic rings. The van der Waals surface area contributed by atoms with Gasteiger partial charge in [0, 0.05) is 7.05 Å². The van der Waals surface area contributed by atoms with Crippen LogP contribution in [0, 0.1) is 0 Å². The molecule has 10 nitrogen and oxygen atoms in total. The van der Waals surface area contributed by atoms with Crippen molar-refractivity contribution in [2.75, 3.05) is 14.2 Å². The zero-order chi connectivity index (χ0) is 18.6. The zero-order valence-electron chi connectivity index (χ0n) is 14.6. The summed E-state index contributed by atoms with van der Waals surface area (Å²) in [4.78, 5) is 30.0. The number of likely N-dealkylation sites (N-methyl/N-ethyl adjacent to an activating group) is 1. The Kier molecular flexibility index (Phi) is 4.12. The van der Waals surface area contributed by atoms with Gasteiger partial charge in [-0.3, -0.25) is 14.2 Å². The zero-order valence-corrected chi connectivity index (χ0v) is 15.4. The Balaban J connectivity index is 1.74. The number of hydrogen-bond donors (Lipinski definition) is 0. The van der Waals surface area contributed by atoms with E-state index in [4.69, 9.17) is 30.6 Å². The van der Waals surface area contributed by atoms with E-state index in [0.29, 0.717) is 11.2 Å². The number of aromatic nitrogens is 4. The molecule has 0 saturated carbocycles. The Morgan fingerprint density at radius 2 is 2.04 bits per heavy atom. The third-order valence-electron chi connectivity index (χ3n) is 4.44. The molecule has 0 radical (unpaired) electrons. The molecule has 11 heteroatoms. The molecule has 0 bridgehead atoms. The molecule has 0 unspecified atom stereocenters. The van der Waals surface area contributed by atoms with Crippen LogP contribution in [0.5, 0.6) is 0 Å². The SMILES string of the molecule is CON(C)C(=O)[C@H]1O[C@@H](n2cnc3c(Cl)ncnc32)[C@@H]2OC(C)(C)O[C@@H]21. The van der Waals surface area contributed by atoms with E-state index in [2.05, 4.69) is 15.0 Å². The summed E-state index contributed by atoms with van der Waals surface area (Å²) in [6.07, 6.45) is 0.176. The Morgan fingerprint density at radius 3 is 2.77 bits per heavy atom. The first-order chi connectivity index (χ1) is 12.3. The fourth-order valence-electron chi connectivity index (χ4n) is 3.28. The predicted octanol–water partition coefficient (Wildman–Crippen LogP) is 0.917. The molecule has 2 aliphatic rings. The van der Waals surface area contributed by atoms with Gasteiger partial charge in [-0.25, -0.2) is 20.0 Å². The number of nitrogens with zero attached hydrogens (tertiary/aromatic N) is 5. The van der Waals surface area contributed by atoms with Crippen molar-refractivity contribution in [2.24, 2.45) is 0 Å². The van der Waals surface area contributed by atoms with Gasteiger partial charge in [0.05, 0.1) is 13.4 Å². The Bertz CT molecular complexity index is 858. The maximum Gasteiger partial charge on any atom is 0.277 e. The van der Waals surface area contributed by atoms with Gasteiger partial charge in [0.1, 0.15) is 24.1 Å². The number of carbonyl (C=O) groups excluding carboxylic acids is 1. The summed E-state index contributed by atoms with van der Waals surface area (Å²) in [5.74, 6) is -1.23. The van der Waals surface area contributed by atoms with E-state index in [0.717, 1.165) is 5.06 Å². The quantitative estimate of drug-likeness (QED) is 0.569. The molecule has 1 amide bonds. The van der Waals surface area contributed by atoms with Gasteiger partial charge in [0.15, 0.2) is 28.9 Å². The van der Waals surface area contributed by atoms with Gasteiger partial charge in [-0.05, 0) is 13.8 Å². The van der Waals surface area contributed by atoms with Crippen molar-refractivity contribution in [1.82, 2.24) is 24.6 Å². The largest absolute Gasteiger partial charge is 0.341 e. The lowest BCUT2D eigenvalue weighted by atomic mass is 10.1. The predicted molar refractivity (Wildman–Crippen MR) is 87.8 cm³/mol. The molecule has 4 atom stereocenters. The van der Waals surface area contributed by atoms with Crippen LogP contribution in [0.3, 0.4) is 0 Å². The van der Waals surface area contributed by atoms with Crippen LogP contribution in [0.4, 0.5) is 0 Å². The van der Waals surface area contributed by atoms with Crippen molar-refractivity contribution in [2.45, 2.75) is 44.2 Å². The van der Waals surface area contributed by atoms with E-state index < -0.39 is 30.3 Å². The smallest absolute Gasteiger partial charge is 0.277 e. The molecule has 2 saturated heterocycles. The van der Waals surface area contributed by atoms with Gasteiger partial charge < -0.3 is 14.2 Å². The number of hydroxylamine groups is 2. The Hall–Kier alpha value is -1.85. The molecule has 26 heavy (non-hydrogen) atoms. The van der Waals surface area contributed by atoms with Gasteiger partial charge in [0.25, 0.3) is 5.91 Å². The normalized spacial score (nSPS) is 29.9. The van der Waals surface area contributed by atoms with Gasteiger partial charge >= 0.3 is 0 Å². The summed E-state index contributed by atoms with van der Waals surface area (Å²) in [6, 6.07) is 0. The highest BCUT2D eigenvalue weighted by Gasteiger charge is 2.58. The van der Waals surface area contributed by atoms with E-state index in [-0.39, 0.29) is 11.1 Å². The third-order valence-corrected chi connectivity index (χ3v) is 4.72. The number of ether oxygens (including phenoxy) is 3. The summed E-state index contributed by atoms with van der Waals surface area (Å²) in [7, 11) is 2.91. The summed E-state index contributed by atoms with van der Waals surface area (Å²) >= 11 is 6.07. The molecule has 0 spiro atoms. The molecule has 2 aliphatic heterocycles. The lowest BCUT2D eigenvalue weighted by Gasteiger charge is -2.25. The minimum Gasteiger partial charge on any atom is -0.341 e. The number of carbonyl (C=O) groups is 1. The van der Waals surface area contributed by atoms with Crippen LogP contribution in [0.1, 0.15) is 20.1 Å². The van der Waals surface area contributed by atoms with Gasteiger partial charge in [0.2, 0.25) is 0 Å². The fraction of sp³-hybridized carbons (Fsp3) is 0.600. The highest BCUT2D eigenvalue weighted by atomic mass is 35.5. The molecule has 4 rings (SSSR count). The first kappa shape index (κ1) is 17.6. The standard InChI is InChI=1S/C15H18ClN5O5/c1-15(2)25-8-9(13(22)20(3)23-4)24-14(10(8)26-15)21-6-19-7-11(16)17-5-18-12(7)21/h5-6,8-10,14H,1-4H3/t8-,9+,10-,14-/m1/s1. The lowest BCUT2D eigenvalue weighted by molar-refractivity contribution is -0.211. The first-order valence-corrected chi connectivity index (χ1v) is 8.36. The topological polar surface area (TPSA) is 101 Å². The van der Waals surface area contributed by atoms with E-state index in [1.165, 1.54) is 26.8 Å². The van der Waals surface area contributed by atoms with Gasteiger partial charge in [-0.1, -0.05) is 11.6 Å². The van der Waals surface area contributed by atoms with Crippen LogP contribution in [-0.4, -0.2) is 68.7 Å². The van der Waals surface area contributed by atoms with Crippen molar-refractivity contribution in [3.63, 3.8) is 0 Å². The van der Waals surface area contributed by atoms with Crippen molar-refractivity contribution >= 4 is 28.7 Å². The number of rotatable bonds is 3. The number of amides is 1. The van der Waals surface area contributed by atoms with E-state index in [1.54, 1.807) is 18.4 Å². The molecular formula is C15H18ClN5O5. The molecular weight excluding hydrogens is 366 g/mol. The fourth-order valence-corrected chi connectivity index (χ4v) is 3.46. The Morgan fingerprint density at radius 1 is 1.31 bits per heavy atom. The van der Waals surface area contributed by atoms with E-state index in [9.17, 15) is 4.79 Å². The second-order valence-corrected chi connectivity index (χ2v) is 6.88. The van der Waals surface area contributed by atoms with Crippen LogP contribution in [0.15, 0.2) is 12.7 Å². The highest BCUT2D eigenvalue weighted by Crippen LogP contribution is 2.44. The van der Waals surface area contributed by atoms with Crippen molar-refractivity contribution in [1.29, 1.82) is 0 Å². The van der Waals surface area contributed by atoms with E-state index in [1.807, 2.05) is 0 Å². The first-order valence-electron chi connectivity index (χ1n) is 7.98. The molecule has 0 aromatic carbocycles. The van der Waals surface area contributed by atoms with Gasteiger partial charge in [-0.15, -0.1) is 0 Å². The summed E-state index contributed by atoms with van der Waals surface area (Å²) in [5, 5.41) is 1.34. The second-order valence-electron chi connectivity index (χ2n) is 6.52. The molecule has 2 aromatic heterocycles. The van der Waals surface area contributed by atoms with Crippen molar-refractivity contribution in [3.8, 4) is 0 Å². The van der Waals surface area contributed by atoms with E-state index >= 15 is 0 Å². The molecule has 0 N–H and O–H groups in total. The number of hydrogen-bond acceptors (Lipinski definition) is 8. The van der Waals surface area contributed by atoms with Gasteiger partial charge in [-0.2, -0.15) is 0 Å². The van der Waals surface area contributed by atoms with Crippen LogP contribution in [-0.2, 0) is 23.8 Å². The van der Waals surface area contributed by atoms with Crippen LogP contribution >= 0.6 is 11.6 Å². The average Bonchev–Trinajstić information content (AvgIpc) is 3.24. The van der Waals surface area contributed by atoms with Crippen molar-refractivity contribution in [3.05, 3.63) is 17.8 Å². The van der Waals surface area contributed by atoms with Crippen LogP contribution in [0.25, 0.3) is 11.2 Å². The number of halogens is 1. The summed E-state index contributed by atoms with van der Waals surface area (Å²) < 4.78 is 19.6. The number of imidazole rings is 1. The van der Waals surface area contributed by atoms with Crippen molar-refractivity contribution < 1.29 is 23.8 Å². The monoisotopic (exact) mass is 383 g/mol. The lowest BCUT2D eigenvalue weighted by Crippen LogP contribution is -2.43.